The van der Waals surface area contributed by atoms with Gasteiger partial charge in [-0.3, -0.25) is 9.59 Å². The van der Waals surface area contributed by atoms with Gasteiger partial charge in [0, 0.05) is 43.8 Å². The molecule has 0 saturated carbocycles. The minimum absolute atomic E-state index is 0.00368. The molecule has 4 atom stereocenters. The average molecular weight is 586 g/mol. The number of ether oxygens (including phenoxy) is 3. The number of rotatable bonds is 4. The highest BCUT2D eigenvalue weighted by Crippen LogP contribution is 2.34. The Labute approximate surface area is 246 Å². The van der Waals surface area contributed by atoms with Crippen LogP contribution in [0.15, 0.2) is 24.3 Å². The van der Waals surface area contributed by atoms with Crippen molar-refractivity contribution in [2.24, 2.45) is 0 Å². The first-order valence-electron chi connectivity index (χ1n) is 15.1. The van der Waals surface area contributed by atoms with Gasteiger partial charge in [-0.15, -0.1) is 0 Å². The van der Waals surface area contributed by atoms with Gasteiger partial charge in [-0.05, 0) is 58.9 Å². The number of hydrogen-bond donors (Lipinski definition) is 3. The summed E-state index contributed by atoms with van der Waals surface area (Å²) in [5.74, 6) is 0.138. The molecule has 4 heterocycles. The van der Waals surface area contributed by atoms with Crippen LogP contribution < -0.4 is 20.7 Å². The van der Waals surface area contributed by atoms with Crippen LogP contribution in [0.4, 0.5) is 9.59 Å². The van der Waals surface area contributed by atoms with Gasteiger partial charge in [-0.2, -0.15) is 0 Å². The molecule has 230 valence electrons. The summed E-state index contributed by atoms with van der Waals surface area (Å²) in [6.07, 6.45) is 3.00. The predicted octanol–water partition coefficient (Wildman–Crippen LogP) is 2.47. The van der Waals surface area contributed by atoms with E-state index in [9.17, 15) is 19.2 Å². The van der Waals surface area contributed by atoms with Gasteiger partial charge in [0.1, 0.15) is 23.4 Å². The Balaban J connectivity index is 1.33. The van der Waals surface area contributed by atoms with Gasteiger partial charge in [0.25, 0.3) is 0 Å². The van der Waals surface area contributed by atoms with E-state index >= 15 is 0 Å². The van der Waals surface area contributed by atoms with Crippen LogP contribution in [-0.4, -0.2) is 96.4 Å². The quantitative estimate of drug-likeness (QED) is 0.494. The highest BCUT2D eigenvalue weighted by atomic mass is 16.6. The Kier molecular flexibility index (Phi) is 9.10. The van der Waals surface area contributed by atoms with Crippen molar-refractivity contribution in [2.45, 2.75) is 95.1 Å². The van der Waals surface area contributed by atoms with E-state index in [1.165, 1.54) is 0 Å². The van der Waals surface area contributed by atoms with Crippen molar-refractivity contribution in [1.82, 2.24) is 25.8 Å². The van der Waals surface area contributed by atoms with E-state index in [0.717, 1.165) is 24.2 Å². The van der Waals surface area contributed by atoms with Crippen LogP contribution in [0.25, 0.3) is 0 Å². The van der Waals surface area contributed by atoms with Gasteiger partial charge in [-0.25, -0.2) is 9.59 Å². The van der Waals surface area contributed by atoms with E-state index in [4.69, 9.17) is 14.2 Å². The van der Waals surface area contributed by atoms with Crippen molar-refractivity contribution in [3.63, 3.8) is 0 Å². The van der Waals surface area contributed by atoms with E-state index in [1.54, 1.807) is 30.6 Å². The second-order valence-electron chi connectivity index (χ2n) is 12.5. The fourth-order valence-electron chi connectivity index (χ4n) is 6.24. The molecule has 1 aromatic carbocycles. The van der Waals surface area contributed by atoms with E-state index in [2.05, 4.69) is 16.0 Å². The first-order chi connectivity index (χ1) is 20.1. The molecule has 12 heteroatoms. The number of amides is 5. The molecule has 1 aromatic rings. The van der Waals surface area contributed by atoms with E-state index in [0.29, 0.717) is 52.0 Å². The topological polar surface area (TPSA) is 139 Å². The van der Waals surface area contributed by atoms with E-state index in [-0.39, 0.29) is 42.5 Å². The smallest absolute Gasteiger partial charge is 0.408 e. The molecule has 3 saturated heterocycles. The Hall–Kier alpha value is -3.54. The van der Waals surface area contributed by atoms with Gasteiger partial charge < -0.3 is 40.0 Å². The lowest BCUT2D eigenvalue weighted by atomic mass is 10.00. The SMILES string of the molecule is CC(C)(C)OC(=O)N[C@H]1CN(C(=O)NC2CCOCC2)CC[C@H]2CC[C@@H](C(=O)N[C@@H]3CCOc4ccccc43)N2C1=O. The normalized spacial score (nSPS) is 26.6. The lowest BCUT2D eigenvalue weighted by molar-refractivity contribution is -0.143. The predicted molar refractivity (Wildman–Crippen MR) is 153 cm³/mol. The molecular formula is C30H43N5O7. The molecule has 0 bridgehead atoms. The summed E-state index contributed by atoms with van der Waals surface area (Å²) >= 11 is 0. The van der Waals surface area contributed by atoms with Crippen molar-refractivity contribution in [1.29, 1.82) is 0 Å². The van der Waals surface area contributed by atoms with Crippen LogP contribution in [0.3, 0.4) is 0 Å². The molecule has 0 aliphatic carbocycles. The first-order valence-corrected chi connectivity index (χ1v) is 15.1. The number of urea groups is 1. The highest BCUT2D eigenvalue weighted by Gasteiger charge is 2.46. The largest absolute Gasteiger partial charge is 0.493 e. The fraction of sp³-hybridized carbons (Fsp3) is 0.667. The number of carbonyl (C=O) groups excluding carboxylic acids is 4. The summed E-state index contributed by atoms with van der Waals surface area (Å²) in [4.78, 5) is 57.2. The van der Waals surface area contributed by atoms with Crippen LogP contribution >= 0.6 is 0 Å². The number of nitrogens with zero attached hydrogens (tertiary/aromatic N) is 2. The zero-order valence-electron chi connectivity index (χ0n) is 24.7. The third-order valence-electron chi connectivity index (χ3n) is 8.30. The molecule has 12 nitrogen and oxygen atoms in total. The average Bonchev–Trinajstić information content (AvgIpc) is 3.37. The Morgan fingerprint density at radius 3 is 2.43 bits per heavy atom. The minimum atomic E-state index is -1.07. The minimum Gasteiger partial charge on any atom is -0.493 e. The van der Waals surface area contributed by atoms with Crippen molar-refractivity contribution in [2.75, 3.05) is 32.9 Å². The monoisotopic (exact) mass is 585 g/mol. The van der Waals surface area contributed by atoms with E-state index < -0.39 is 23.8 Å². The lowest BCUT2D eigenvalue weighted by Gasteiger charge is -2.39. The summed E-state index contributed by atoms with van der Waals surface area (Å²) in [5.41, 5.74) is 0.147. The summed E-state index contributed by atoms with van der Waals surface area (Å²) in [6, 6.07) is 5.16. The van der Waals surface area contributed by atoms with Crippen molar-refractivity contribution >= 4 is 23.9 Å². The van der Waals surface area contributed by atoms with Crippen LogP contribution in [-0.2, 0) is 19.1 Å². The van der Waals surface area contributed by atoms with Crippen LogP contribution in [0.5, 0.6) is 5.75 Å². The third kappa shape index (κ3) is 7.08. The summed E-state index contributed by atoms with van der Waals surface area (Å²) in [6.45, 7) is 7.25. The number of hydrogen-bond acceptors (Lipinski definition) is 7. The molecule has 5 rings (SSSR count). The van der Waals surface area contributed by atoms with E-state index in [1.807, 2.05) is 24.3 Å². The summed E-state index contributed by atoms with van der Waals surface area (Å²) in [5, 5.41) is 8.93. The molecule has 4 aliphatic rings. The number of nitrogens with one attached hydrogen (secondary N) is 3. The lowest BCUT2D eigenvalue weighted by Crippen LogP contribution is -2.62. The molecule has 42 heavy (non-hydrogen) atoms. The number of alkyl carbamates (subject to hydrolysis) is 1. The van der Waals surface area contributed by atoms with Crippen LogP contribution in [0, 0.1) is 0 Å². The summed E-state index contributed by atoms with van der Waals surface area (Å²) in [7, 11) is 0. The zero-order valence-corrected chi connectivity index (χ0v) is 24.7. The fourth-order valence-corrected chi connectivity index (χ4v) is 6.24. The van der Waals surface area contributed by atoms with Gasteiger partial charge in [0.2, 0.25) is 11.8 Å². The second-order valence-corrected chi connectivity index (χ2v) is 12.5. The maximum atomic E-state index is 14.1. The first kappa shape index (κ1) is 29.9. The van der Waals surface area contributed by atoms with Crippen molar-refractivity contribution in [3.05, 3.63) is 29.8 Å². The molecule has 0 spiro atoms. The standard InChI is InChI=1S/C30H43N5O7/c1-30(2,3)42-29(39)33-23-18-34(28(38)31-19-11-15-40-16-12-19)14-10-20-8-9-24(35(20)27(23)37)26(36)32-22-13-17-41-25-7-5-4-6-21(22)25/h4-7,19-20,22-24H,8-18H2,1-3H3,(H,31,38)(H,32,36)(H,33,39)/t20-,22-,23+,24+/m1/s1. The van der Waals surface area contributed by atoms with Crippen LogP contribution in [0.1, 0.15) is 70.9 Å². The van der Waals surface area contributed by atoms with Crippen molar-refractivity contribution in [3.8, 4) is 5.75 Å². The number of para-hydroxylation sites is 1. The Morgan fingerprint density at radius 2 is 1.67 bits per heavy atom. The Bertz CT molecular complexity index is 1160. The second kappa shape index (κ2) is 12.8. The molecule has 3 fully saturated rings. The Morgan fingerprint density at radius 1 is 0.905 bits per heavy atom. The van der Waals surface area contributed by atoms with Gasteiger partial charge >= 0.3 is 12.1 Å². The summed E-state index contributed by atoms with van der Waals surface area (Å²) < 4.78 is 16.6. The molecule has 5 amide bonds. The van der Waals surface area contributed by atoms with Gasteiger partial charge in [0.05, 0.1) is 19.2 Å². The molecular weight excluding hydrogens is 542 g/mol. The molecule has 0 unspecified atom stereocenters. The number of benzene rings is 1. The maximum absolute atomic E-state index is 14.1. The zero-order chi connectivity index (χ0) is 29.9. The molecule has 0 aromatic heterocycles. The maximum Gasteiger partial charge on any atom is 0.408 e. The molecule has 3 N–H and O–H groups in total. The van der Waals surface area contributed by atoms with Gasteiger partial charge in [0.15, 0.2) is 0 Å². The van der Waals surface area contributed by atoms with Crippen LogP contribution in [0.2, 0.25) is 0 Å². The molecule has 0 radical (unpaired) electrons. The third-order valence-corrected chi connectivity index (χ3v) is 8.30. The van der Waals surface area contributed by atoms with Gasteiger partial charge in [-0.1, -0.05) is 18.2 Å². The number of fused-ring (bicyclic) bond motifs is 2. The highest BCUT2D eigenvalue weighted by molar-refractivity contribution is 5.93. The molecule has 4 aliphatic heterocycles. The number of carbonyl (C=O) groups is 4. The van der Waals surface area contributed by atoms with Crippen molar-refractivity contribution < 1.29 is 33.4 Å².